The Morgan fingerprint density at radius 1 is 1.04 bits per heavy atom. The van der Waals surface area contributed by atoms with Crippen molar-refractivity contribution in [2.45, 2.75) is 44.8 Å². The summed E-state index contributed by atoms with van der Waals surface area (Å²) in [4.78, 5) is 12.6. The van der Waals surface area contributed by atoms with Gasteiger partial charge in [0.15, 0.2) is 10.9 Å². The van der Waals surface area contributed by atoms with Crippen LogP contribution in [-0.4, -0.2) is 17.0 Å². The first-order valence-corrected chi connectivity index (χ1v) is 10.2. The minimum Gasteiger partial charge on any atom is -0.490 e. The largest absolute Gasteiger partial charge is 0.490 e. The third-order valence-electron chi connectivity index (χ3n) is 5.33. The van der Waals surface area contributed by atoms with Crippen LogP contribution in [0.1, 0.15) is 49.8 Å². The van der Waals surface area contributed by atoms with Gasteiger partial charge in [-0.2, -0.15) is 0 Å². The number of nitrogens with one attached hydrogen (secondary N) is 2. The zero-order valence-electron chi connectivity index (χ0n) is 15.9. The Kier molecular flexibility index (Phi) is 5.44. The Balaban J connectivity index is 1.66. The number of ketones is 1. The lowest BCUT2D eigenvalue weighted by atomic mass is 9.90. The van der Waals surface area contributed by atoms with E-state index in [1.54, 1.807) is 6.92 Å². The molecular formula is C23H24N2O2S. The summed E-state index contributed by atoms with van der Waals surface area (Å²) in [5.41, 5.74) is 3.39. The van der Waals surface area contributed by atoms with Gasteiger partial charge in [0.05, 0.1) is 17.8 Å². The van der Waals surface area contributed by atoms with E-state index in [4.69, 9.17) is 17.0 Å². The first-order chi connectivity index (χ1) is 13.6. The van der Waals surface area contributed by atoms with Gasteiger partial charge in [-0.25, -0.2) is 0 Å². The van der Waals surface area contributed by atoms with E-state index >= 15 is 0 Å². The quantitative estimate of drug-likeness (QED) is 0.733. The number of carbonyl (C=O) groups is 1. The molecule has 144 valence electrons. The molecule has 0 aromatic heterocycles. The average Bonchev–Trinajstić information content (AvgIpc) is 3.21. The number of hydrogen-bond donors (Lipinski definition) is 2. The molecule has 0 spiro atoms. The van der Waals surface area contributed by atoms with Crippen molar-refractivity contribution in [3.8, 4) is 5.75 Å². The van der Waals surface area contributed by atoms with Gasteiger partial charge in [0.1, 0.15) is 5.75 Å². The summed E-state index contributed by atoms with van der Waals surface area (Å²) in [6.45, 7) is 1.60. The first kappa shape index (κ1) is 18.7. The van der Waals surface area contributed by atoms with E-state index in [-0.39, 0.29) is 11.8 Å². The third kappa shape index (κ3) is 3.94. The number of Topliss-reactive ketones (excluding diaryl/α,β-unsaturated/α-hetero) is 1. The molecule has 2 aromatic carbocycles. The second-order valence-electron chi connectivity index (χ2n) is 7.34. The zero-order valence-corrected chi connectivity index (χ0v) is 16.7. The van der Waals surface area contributed by atoms with Crippen LogP contribution in [0.25, 0.3) is 5.70 Å². The van der Waals surface area contributed by atoms with Crippen LogP contribution < -0.4 is 15.4 Å². The molecule has 2 aliphatic rings. The van der Waals surface area contributed by atoms with Crippen LogP contribution in [0.3, 0.4) is 0 Å². The maximum Gasteiger partial charge on any atom is 0.171 e. The molecule has 0 saturated heterocycles. The van der Waals surface area contributed by atoms with Crippen molar-refractivity contribution in [3.05, 3.63) is 71.3 Å². The van der Waals surface area contributed by atoms with Crippen LogP contribution in [-0.2, 0) is 4.79 Å². The standard InChI is InChI=1S/C23H24N2O2S/c1-15(26)20-21(16-7-3-2-4-8-16)24-23(28)25-22(20)17-11-13-19(14-12-17)27-18-9-5-6-10-18/h2-4,7-8,11-14,18,22H,5-6,9-10H2,1H3,(H2,24,25,28). The van der Waals surface area contributed by atoms with E-state index in [0.717, 1.165) is 35.4 Å². The number of benzene rings is 2. The maximum absolute atomic E-state index is 12.6. The van der Waals surface area contributed by atoms with Crippen LogP contribution >= 0.6 is 12.2 Å². The highest BCUT2D eigenvalue weighted by molar-refractivity contribution is 7.80. The van der Waals surface area contributed by atoms with Crippen molar-refractivity contribution < 1.29 is 9.53 Å². The van der Waals surface area contributed by atoms with Crippen molar-refractivity contribution in [3.63, 3.8) is 0 Å². The molecule has 0 radical (unpaired) electrons. The van der Waals surface area contributed by atoms with Crippen molar-refractivity contribution >= 4 is 28.8 Å². The summed E-state index contributed by atoms with van der Waals surface area (Å²) in [5, 5.41) is 6.95. The summed E-state index contributed by atoms with van der Waals surface area (Å²) in [7, 11) is 0. The van der Waals surface area contributed by atoms with Gasteiger partial charge in [0.2, 0.25) is 0 Å². The highest BCUT2D eigenvalue weighted by Gasteiger charge is 2.30. The van der Waals surface area contributed by atoms with Gasteiger partial charge in [0, 0.05) is 5.57 Å². The summed E-state index contributed by atoms with van der Waals surface area (Å²) in [6.07, 6.45) is 5.07. The second-order valence-corrected chi connectivity index (χ2v) is 7.74. The average molecular weight is 393 g/mol. The molecule has 1 unspecified atom stereocenters. The molecule has 1 fully saturated rings. The Bertz CT molecular complexity index is 900. The Morgan fingerprint density at radius 3 is 2.36 bits per heavy atom. The van der Waals surface area contributed by atoms with Crippen LogP contribution in [0.15, 0.2) is 60.2 Å². The summed E-state index contributed by atoms with van der Waals surface area (Å²) in [5.74, 6) is 0.890. The summed E-state index contributed by atoms with van der Waals surface area (Å²) >= 11 is 5.43. The fraction of sp³-hybridized carbons (Fsp3) is 0.304. The molecule has 2 N–H and O–H groups in total. The van der Waals surface area contributed by atoms with Crippen molar-refractivity contribution in [1.29, 1.82) is 0 Å². The minimum atomic E-state index is -0.290. The highest BCUT2D eigenvalue weighted by atomic mass is 32.1. The van der Waals surface area contributed by atoms with E-state index in [9.17, 15) is 4.79 Å². The lowest BCUT2D eigenvalue weighted by Gasteiger charge is -2.31. The summed E-state index contributed by atoms with van der Waals surface area (Å²) < 4.78 is 6.07. The van der Waals surface area contributed by atoms with Gasteiger partial charge in [-0.05, 0) is 68.1 Å². The molecule has 0 bridgehead atoms. The molecule has 28 heavy (non-hydrogen) atoms. The van der Waals surface area contributed by atoms with Gasteiger partial charge >= 0.3 is 0 Å². The molecule has 1 aliphatic heterocycles. The molecule has 4 nitrogen and oxygen atoms in total. The Hall–Kier alpha value is -2.66. The van der Waals surface area contributed by atoms with Crippen LogP contribution in [0.4, 0.5) is 0 Å². The lowest BCUT2D eigenvalue weighted by molar-refractivity contribution is -0.113. The van der Waals surface area contributed by atoms with Crippen molar-refractivity contribution in [1.82, 2.24) is 10.6 Å². The van der Waals surface area contributed by atoms with Crippen molar-refractivity contribution in [2.75, 3.05) is 0 Å². The maximum atomic E-state index is 12.6. The van der Waals surface area contributed by atoms with Crippen LogP contribution in [0, 0.1) is 0 Å². The minimum absolute atomic E-state index is 0.0117. The third-order valence-corrected chi connectivity index (χ3v) is 5.55. The predicted octanol–water partition coefficient (Wildman–Crippen LogP) is 4.53. The normalized spacial score (nSPS) is 19.9. The molecule has 0 amide bonds. The monoisotopic (exact) mass is 392 g/mol. The molecule has 1 atom stereocenters. The number of thiocarbonyl (C=S) groups is 1. The molecule has 4 rings (SSSR count). The van der Waals surface area contributed by atoms with E-state index in [2.05, 4.69) is 10.6 Å². The predicted molar refractivity (Wildman–Crippen MR) is 115 cm³/mol. The molecule has 5 heteroatoms. The fourth-order valence-corrected chi connectivity index (χ4v) is 4.18. The van der Waals surface area contributed by atoms with E-state index < -0.39 is 0 Å². The van der Waals surface area contributed by atoms with E-state index in [1.165, 1.54) is 12.8 Å². The molecular weight excluding hydrogens is 368 g/mol. The molecule has 1 saturated carbocycles. The Labute approximate surface area is 171 Å². The Morgan fingerprint density at radius 2 is 1.71 bits per heavy atom. The highest BCUT2D eigenvalue weighted by Crippen LogP contribution is 2.33. The van der Waals surface area contributed by atoms with Gasteiger partial charge in [0.25, 0.3) is 0 Å². The SMILES string of the molecule is CC(=O)C1=C(c2ccccc2)NC(=S)NC1c1ccc(OC2CCCC2)cc1. The fourth-order valence-electron chi connectivity index (χ4n) is 3.96. The molecule has 1 heterocycles. The van der Waals surface area contributed by atoms with Crippen molar-refractivity contribution in [2.24, 2.45) is 0 Å². The number of ether oxygens (including phenoxy) is 1. The van der Waals surface area contributed by atoms with Gasteiger partial charge < -0.3 is 15.4 Å². The first-order valence-electron chi connectivity index (χ1n) is 9.76. The molecule has 2 aromatic rings. The van der Waals surface area contributed by atoms with Crippen LogP contribution in [0.2, 0.25) is 0 Å². The summed E-state index contributed by atoms with van der Waals surface area (Å²) in [6, 6.07) is 17.5. The molecule has 1 aliphatic carbocycles. The number of hydrogen-bond acceptors (Lipinski definition) is 3. The number of carbonyl (C=O) groups excluding carboxylic acids is 1. The van der Waals surface area contributed by atoms with Crippen LogP contribution in [0.5, 0.6) is 5.75 Å². The number of rotatable bonds is 5. The second kappa shape index (κ2) is 8.15. The lowest BCUT2D eigenvalue weighted by Crippen LogP contribution is -2.44. The van der Waals surface area contributed by atoms with Gasteiger partial charge in [-0.3, -0.25) is 4.79 Å². The van der Waals surface area contributed by atoms with Gasteiger partial charge in [-0.15, -0.1) is 0 Å². The van der Waals surface area contributed by atoms with E-state index in [0.29, 0.717) is 16.8 Å². The van der Waals surface area contributed by atoms with E-state index in [1.807, 2.05) is 54.6 Å². The smallest absolute Gasteiger partial charge is 0.171 e. The zero-order chi connectivity index (χ0) is 19.5. The van der Waals surface area contributed by atoms with Gasteiger partial charge in [-0.1, -0.05) is 42.5 Å². The topological polar surface area (TPSA) is 50.4 Å².